The van der Waals surface area contributed by atoms with E-state index in [4.69, 9.17) is 12.2 Å². The van der Waals surface area contributed by atoms with Crippen molar-refractivity contribution in [3.05, 3.63) is 24.3 Å². The first-order valence-electron chi connectivity index (χ1n) is 3.96. The zero-order chi connectivity index (χ0) is 10.4. The number of thiocarbonyl (C=S) groups is 1. The van der Waals surface area contributed by atoms with Gasteiger partial charge in [0.25, 0.3) is 0 Å². The van der Waals surface area contributed by atoms with Crippen LogP contribution in [0.2, 0.25) is 0 Å². The smallest absolute Gasteiger partial charge is 0.189 e. The average molecular weight is 209 g/mol. The summed E-state index contributed by atoms with van der Waals surface area (Å²) in [6.45, 7) is 0. The summed E-state index contributed by atoms with van der Waals surface area (Å²) in [7, 11) is 3.68. The maximum Gasteiger partial charge on any atom is 0.189 e. The Hall–Kier alpha value is -1.56. The largest absolute Gasteiger partial charge is 0.354 e. The highest BCUT2D eigenvalue weighted by Gasteiger charge is 1.93. The van der Waals surface area contributed by atoms with Crippen molar-refractivity contribution in [3.8, 4) is 0 Å². The molecule has 5 nitrogen and oxygen atoms in total. The Kier molecular flexibility index (Phi) is 3.93. The van der Waals surface area contributed by atoms with Crippen LogP contribution < -0.4 is 5.43 Å². The van der Waals surface area contributed by atoms with Crippen molar-refractivity contribution < 1.29 is 0 Å². The van der Waals surface area contributed by atoms with Crippen LogP contribution in [0, 0.1) is 0 Å². The zero-order valence-corrected chi connectivity index (χ0v) is 8.82. The van der Waals surface area contributed by atoms with Gasteiger partial charge < -0.3 is 4.90 Å². The molecule has 1 rings (SSSR count). The third-order valence-corrected chi connectivity index (χ3v) is 1.80. The molecule has 0 unspecified atom stereocenters. The lowest BCUT2D eigenvalue weighted by Crippen LogP contribution is -2.30. The first-order valence-corrected chi connectivity index (χ1v) is 4.37. The molecule has 1 heterocycles. The molecule has 1 aromatic rings. The molecule has 1 N–H and O–H groups in total. The highest BCUT2D eigenvalue weighted by atomic mass is 32.1. The van der Waals surface area contributed by atoms with E-state index in [2.05, 4.69) is 20.5 Å². The molecule has 0 radical (unpaired) electrons. The first-order chi connectivity index (χ1) is 6.70. The highest BCUT2D eigenvalue weighted by Crippen LogP contribution is 1.84. The second-order valence-electron chi connectivity index (χ2n) is 2.70. The molecule has 0 amide bonds. The molecular weight excluding hydrogens is 198 g/mol. The molecule has 1 aromatic heterocycles. The van der Waals surface area contributed by atoms with Crippen LogP contribution in [0.25, 0.3) is 0 Å². The minimum atomic E-state index is 0.546. The maximum absolute atomic E-state index is 4.96. The molecule has 0 atom stereocenters. The van der Waals surface area contributed by atoms with Gasteiger partial charge in [-0.2, -0.15) is 5.10 Å². The van der Waals surface area contributed by atoms with E-state index in [1.54, 1.807) is 29.7 Å². The molecule has 0 fully saturated rings. The lowest BCUT2D eigenvalue weighted by atomic mass is 10.5. The predicted octanol–water partition coefficient (Wildman–Crippen LogP) is 0.247. The van der Waals surface area contributed by atoms with Crippen LogP contribution in [0.4, 0.5) is 0 Å². The van der Waals surface area contributed by atoms with Crippen molar-refractivity contribution in [3.63, 3.8) is 0 Å². The van der Waals surface area contributed by atoms with Crippen LogP contribution >= 0.6 is 12.2 Å². The SMILES string of the molecule is CN(C)C(=S)N/N=C/c1cnccn1. The summed E-state index contributed by atoms with van der Waals surface area (Å²) in [6.07, 6.45) is 6.38. The molecule has 0 spiro atoms. The molecule has 14 heavy (non-hydrogen) atoms. The quantitative estimate of drug-likeness (QED) is 0.430. The predicted molar refractivity (Wildman–Crippen MR) is 59.0 cm³/mol. The van der Waals surface area contributed by atoms with Crippen molar-refractivity contribution in [1.29, 1.82) is 0 Å². The van der Waals surface area contributed by atoms with Gasteiger partial charge in [0.15, 0.2) is 5.11 Å². The lowest BCUT2D eigenvalue weighted by Gasteiger charge is -2.11. The van der Waals surface area contributed by atoms with E-state index >= 15 is 0 Å². The molecule has 0 aliphatic carbocycles. The fraction of sp³-hybridized carbons (Fsp3) is 0.250. The summed E-state index contributed by atoms with van der Waals surface area (Å²) in [5, 5.41) is 4.45. The normalized spacial score (nSPS) is 10.1. The first kappa shape index (κ1) is 10.5. The fourth-order valence-corrected chi connectivity index (χ4v) is 0.684. The van der Waals surface area contributed by atoms with E-state index in [1.165, 1.54) is 0 Å². The Labute approximate surface area is 87.9 Å². The van der Waals surface area contributed by atoms with Gasteiger partial charge in [0.2, 0.25) is 0 Å². The summed E-state index contributed by atoms with van der Waals surface area (Å²) >= 11 is 4.96. The minimum absolute atomic E-state index is 0.546. The van der Waals surface area contributed by atoms with E-state index in [1.807, 2.05) is 14.1 Å². The minimum Gasteiger partial charge on any atom is -0.354 e. The Morgan fingerprint density at radius 1 is 1.57 bits per heavy atom. The molecule has 0 bridgehead atoms. The number of nitrogens with zero attached hydrogens (tertiary/aromatic N) is 4. The summed E-state index contributed by atoms with van der Waals surface area (Å²) < 4.78 is 0. The van der Waals surface area contributed by atoms with E-state index in [0.29, 0.717) is 10.8 Å². The highest BCUT2D eigenvalue weighted by molar-refractivity contribution is 7.80. The molecule has 0 aliphatic heterocycles. The second kappa shape index (κ2) is 5.23. The Balaban J connectivity index is 2.46. The van der Waals surface area contributed by atoms with E-state index in [-0.39, 0.29) is 0 Å². The number of rotatable bonds is 2. The molecule has 0 saturated heterocycles. The van der Waals surface area contributed by atoms with Crippen molar-refractivity contribution in [1.82, 2.24) is 20.3 Å². The molecule has 0 aliphatic rings. The van der Waals surface area contributed by atoms with Gasteiger partial charge in [-0.15, -0.1) is 0 Å². The topological polar surface area (TPSA) is 53.4 Å². The van der Waals surface area contributed by atoms with Crippen molar-refractivity contribution in [2.24, 2.45) is 5.10 Å². The van der Waals surface area contributed by atoms with E-state index < -0.39 is 0 Å². The number of nitrogens with one attached hydrogen (secondary N) is 1. The fourth-order valence-electron chi connectivity index (χ4n) is 0.631. The second-order valence-corrected chi connectivity index (χ2v) is 3.09. The summed E-state index contributed by atoms with van der Waals surface area (Å²) in [5.74, 6) is 0. The monoisotopic (exact) mass is 209 g/mol. The zero-order valence-electron chi connectivity index (χ0n) is 8.01. The van der Waals surface area contributed by atoms with Gasteiger partial charge >= 0.3 is 0 Å². The van der Waals surface area contributed by atoms with Crippen LogP contribution in [-0.4, -0.2) is 40.3 Å². The van der Waals surface area contributed by atoms with Crippen LogP contribution in [-0.2, 0) is 0 Å². The van der Waals surface area contributed by atoms with Crippen molar-refractivity contribution in [2.75, 3.05) is 14.1 Å². The van der Waals surface area contributed by atoms with Gasteiger partial charge in [0.05, 0.1) is 12.4 Å². The van der Waals surface area contributed by atoms with Gasteiger partial charge in [0, 0.05) is 26.5 Å². The Morgan fingerprint density at radius 2 is 2.36 bits per heavy atom. The van der Waals surface area contributed by atoms with E-state index in [0.717, 1.165) is 0 Å². The Morgan fingerprint density at radius 3 is 2.93 bits per heavy atom. The third-order valence-electron chi connectivity index (χ3n) is 1.35. The van der Waals surface area contributed by atoms with Gasteiger partial charge in [-0.1, -0.05) is 0 Å². The van der Waals surface area contributed by atoms with E-state index in [9.17, 15) is 0 Å². The van der Waals surface area contributed by atoms with Crippen LogP contribution in [0.15, 0.2) is 23.7 Å². The summed E-state index contributed by atoms with van der Waals surface area (Å²) in [6, 6.07) is 0. The van der Waals surface area contributed by atoms with Crippen molar-refractivity contribution in [2.45, 2.75) is 0 Å². The standard InChI is InChI=1S/C8H11N5S/c1-13(2)8(14)12-11-6-7-5-9-3-4-10-7/h3-6H,1-2H3,(H,12,14)/b11-6+. The van der Waals surface area contributed by atoms with Crippen LogP contribution in [0.1, 0.15) is 5.69 Å². The number of hydrogen-bond acceptors (Lipinski definition) is 4. The van der Waals surface area contributed by atoms with Gasteiger partial charge in [-0.25, -0.2) is 0 Å². The lowest BCUT2D eigenvalue weighted by molar-refractivity contribution is 0.606. The molecule has 74 valence electrons. The summed E-state index contributed by atoms with van der Waals surface area (Å²) in [4.78, 5) is 9.66. The van der Waals surface area contributed by atoms with Gasteiger partial charge in [-0.3, -0.25) is 15.4 Å². The van der Waals surface area contributed by atoms with Crippen molar-refractivity contribution >= 4 is 23.5 Å². The average Bonchev–Trinajstić information content (AvgIpc) is 2.19. The maximum atomic E-state index is 4.96. The number of hydrazone groups is 1. The van der Waals surface area contributed by atoms with Crippen LogP contribution in [0.5, 0.6) is 0 Å². The Bertz CT molecular complexity index is 322. The summed E-state index contributed by atoms with van der Waals surface area (Å²) in [5.41, 5.74) is 3.37. The number of hydrogen-bond donors (Lipinski definition) is 1. The molecule has 6 heteroatoms. The molecular formula is C8H11N5S. The molecule has 0 aromatic carbocycles. The van der Waals surface area contributed by atoms with Gasteiger partial charge in [-0.05, 0) is 12.2 Å². The number of aromatic nitrogens is 2. The molecule has 0 saturated carbocycles. The van der Waals surface area contributed by atoms with Gasteiger partial charge in [0.1, 0.15) is 5.69 Å². The third kappa shape index (κ3) is 3.44. The van der Waals surface area contributed by atoms with Crippen LogP contribution in [0.3, 0.4) is 0 Å².